The third kappa shape index (κ3) is 2.23. The van der Waals surface area contributed by atoms with Crippen LogP contribution in [0.4, 0.5) is 0 Å². The molecule has 0 saturated carbocycles. The predicted molar refractivity (Wildman–Crippen MR) is 72.8 cm³/mol. The summed E-state index contributed by atoms with van der Waals surface area (Å²) in [7, 11) is 0. The number of nitrogens with zero attached hydrogens (tertiary/aromatic N) is 3. The van der Waals surface area contributed by atoms with Crippen molar-refractivity contribution in [2.45, 2.75) is 13.1 Å². The molecule has 0 radical (unpaired) electrons. The van der Waals surface area contributed by atoms with Gasteiger partial charge in [0.1, 0.15) is 11.6 Å². The van der Waals surface area contributed by atoms with Gasteiger partial charge in [0, 0.05) is 30.0 Å². The lowest BCUT2D eigenvalue weighted by atomic mass is 10.1. The minimum absolute atomic E-state index is 0.00621. The van der Waals surface area contributed by atoms with Crippen LogP contribution in [0.25, 0.3) is 0 Å². The Morgan fingerprint density at radius 3 is 3.00 bits per heavy atom. The van der Waals surface area contributed by atoms with Gasteiger partial charge in [0.15, 0.2) is 0 Å². The Balaban J connectivity index is 1.85. The van der Waals surface area contributed by atoms with Crippen LogP contribution >= 0.6 is 15.9 Å². The summed E-state index contributed by atoms with van der Waals surface area (Å²) < 4.78 is 2.78. The molecule has 0 saturated heterocycles. The van der Waals surface area contributed by atoms with Gasteiger partial charge in [0.25, 0.3) is 5.91 Å². The minimum atomic E-state index is -0.167. The molecule has 2 aromatic rings. The second kappa shape index (κ2) is 4.70. The summed E-state index contributed by atoms with van der Waals surface area (Å²) in [6.45, 7) is 1.83. The Kier molecular flexibility index (Phi) is 3.02. The van der Waals surface area contributed by atoms with Gasteiger partial charge in [-0.05, 0) is 18.2 Å². The monoisotopic (exact) mass is 321 g/mol. The van der Waals surface area contributed by atoms with Crippen molar-refractivity contribution in [3.63, 3.8) is 0 Å². The van der Waals surface area contributed by atoms with Crippen molar-refractivity contribution in [2.24, 2.45) is 0 Å². The van der Waals surface area contributed by atoms with Crippen molar-refractivity contribution in [2.75, 3.05) is 6.54 Å². The smallest absolute Gasteiger partial charge is 0.258 e. The Morgan fingerprint density at radius 2 is 2.21 bits per heavy atom. The number of imidazole rings is 1. The van der Waals surface area contributed by atoms with Crippen molar-refractivity contribution >= 4 is 21.8 Å². The maximum Gasteiger partial charge on any atom is 0.258 e. The number of phenolic OH excluding ortho intramolecular Hbond substituents is 1. The van der Waals surface area contributed by atoms with Gasteiger partial charge in [-0.1, -0.05) is 15.9 Å². The van der Waals surface area contributed by atoms with Crippen LogP contribution in [-0.4, -0.2) is 32.0 Å². The molecule has 0 bridgehead atoms. The first-order valence-corrected chi connectivity index (χ1v) is 6.72. The molecule has 1 N–H and O–H groups in total. The number of amides is 1. The van der Waals surface area contributed by atoms with E-state index in [1.54, 1.807) is 23.2 Å². The van der Waals surface area contributed by atoms with E-state index >= 15 is 0 Å². The van der Waals surface area contributed by atoms with E-state index in [0.29, 0.717) is 18.7 Å². The highest BCUT2D eigenvalue weighted by molar-refractivity contribution is 9.10. The average Bonchev–Trinajstić information content (AvgIpc) is 2.85. The molecule has 0 unspecified atom stereocenters. The van der Waals surface area contributed by atoms with Crippen LogP contribution in [0.2, 0.25) is 0 Å². The van der Waals surface area contributed by atoms with Crippen molar-refractivity contribution in [1.82, 2.24) is 14.5 Å². The second-order valence-electron chi connectivity index (χ2n) is 4.43. The molecular weight excluding hydrogens is 310 g/mol. The lowest BCUT2D eigenvalue weighted by Gasteiger charge is -2.28. The molecule has 6 heteroatoms. The highest BCUT2D eigenvalue weighted by Crippen LogP contribution is 2.24. The van der Waals surface area contributed by atoms with Crippen LogP contribution in [0.1, 0.15) is 16.2 Å². The Hall–Kier alpha value is -1.82. The van der Waals surface area contributed by atoms with Gasteiger partial charge in [-0.2, -0.15) is 0 Å². The van der Waals surface area contributed by atoms with E-state index in [-0.39, 0.29) is 11.7 Å². The van der Waals surface area contributed by atoms with Crippen molar-refractivity contribution in [3.05, 3.63) is 46.5 Å². The van der Waals surface area contributed by atoms with Crippen LogP contribution in [-0.2, 0) is 13.1 Å². The molecule has 1 aliphatic heterocycles. The Bertz CT molecular complexity index is 639. The van der Waals surface area contributed by atoms with Gasteiger partial charge in [-0.3, -0.25) is 4.79 Å². The van der Waals surface area contributed by atoms with Gasteiger partial charge in [-0.25, -0.2) is 4.98 Å². The largest absolute Gasteiger partial charge is 0.507 e. The van der Waals surface area contributed by atoms with E-state index in [0.717, 1.165) is 16.8 Å². The van der Waals surface area contributed by atoms with Crippen LogP contribution in [0.5, 0.6) is 5.75 Å². The quantitative estimate of drug-likeness (QED) is 0.874. The standard InChI is InChI=1S/C13H12BrN3O2/c14-9-1-2-10(11(18)7-9)13(19)17-6-5-16-4-3-15-12(16)8-17/h1-4,7,18H,5-6,8H2. The number of carbonyl (C=O) groups is 1. The van der Waals surface area contributed by atoms with Crippen LogP contribution < -0.4 is 0 Å². The van der Waals surface area contributed by atoms with Crippen molar-refractivity contribution < 1.29 is 9.90 Å². The summed E-state index contributed by atoms with van der Waals surface area (Å²) in [5.41, 5.74) is 0.322. The van der Waals surface area contributed by atoms with E-state index in [1.165, 1.54) is 6.07 Å². The maximum absolute atomic E-state index is 12.4. The highest BCUT2D eigenvalue weighted by atomic mass is 79.9. The Labute approximate surface area is 118 Å². The lowest BCUT2D eigenvalue weighted by Crippen LogP contribution is -2.38. The second-order valence-corrected chi connectivity index (χ2v) is 5.34. The molecule has 0 atom stereocenters. The zero-order valence-electron chi connectivity index (χ0n) is 10.1. The Morgan fingerprint density at radius 1 is 1.37 bits per heavy atom. The summed E-state index contributed by atoms with van der Waals surface area (Å²) in [4.78, 5) is 18.3. The van der Waals surface area contributed by atoms with Crippen LogP contribution in [0.3, 0.4) is 0 Å². The summed E-state index contributed by atoms with van der Waals surface area (Å²) in [6, 6.07) is 4.90. The first kappa shape index (κ1) is 12.2. The van der Waals surface area contributed by atoms with E-state index in [2.05, 4.69) is 20.9 Å². The van der Waals surface area contributed by atoms with Crippen molar-refractivity contribution in [1.29, 1.82) is 0 Å². The van der Waals surface area contributed by atoms with Gasteiger partial charge in [-0.15, -0.1) is 0 Å². The molecule has 5 nitrogen and oxygen atoms in total. The zero-order chi connectivity index (χ0) is 13.4. The predicted octanol–water partition coefficient (Wildman–Crippen LogP) is 2.01. The molecular formula is C13H12BrN3O2. The SMILES string of the molecule is O=C(c1ccc(Br)cc1O)N1CCn2ccnc2C1. The lowest BCUT2D eigenvalue weighted by molar-refractivity contribution is 0.0704. The normalized spacial score (nSPS) is 14.3. The van der Waals surface area contributed by atoms with Gasteiger partial charge < -0.3 is 14.6 Å². The van der Waals surface area contributed by atoms with Crippen molar-refractivity contribution in [3.8, 4) is 5.75 Å². The molecule has 0 fully saturated rings. The molecule has 0 spiro atoms. The summed E-state index contributed by atoms with van der Waals surface area (Å²) in [5, 5.41) is 9.85. The number of fused-ring (bicyclic) bond motifs is 1. The number of rotatable bonds is 1. The van der Waals surface area contributed by atoms with Gasteiger partial charge in [0.05, 0.1) is 12.1 Å². The fourth-order valence-electron chi connectivity index (χ4n) is 2.20. The van der Waals surface area contributed by atoms with Gasteiger partial charge in [0.2, 0.25) is 0 Å². The molecule has 19 heavy (non-hydrogen) atoms. The molecule has 3 rings (SSSR count). The molecule has 1 aromatic carbocycles. The van der Waals surface area contributed by atoms with E-state index in [1.807, 2.05) is 10.8 Å². The molecule has 98 valence electrons. The molecule has 2 heterocycles. The summed E-state index contributed by atoms with van der Waals surface area (Å²) in [6.07, 6.45) is 3.65. The fraction of sp³-hybridized carbons (Fsp3) is 0.231. The van der Waals surface area contributed by atoms with E-state index in [9.17, 15) is 9.90 Å². The number of aromatic hydroxyl groups is 1. The number of hydrogen-bond acceptors (Lipinski definition) is 3. The number of benzene rings is 1. The van der Waals surface area contributed by atoms with Gasteiger partial charge >= 0.3 is 0 Å². The highest BCUT2D eigenvalue weighted by Gasteiger charge is 2.24. The first-order valence-electron chi connectivity index (χ1n) is 5.93. The number of phenols is 1. The summed E-state index contributed by atoms with van der Waals surface area (Å²) in [5.74, 6) is 0.698. The first-order chi connectivity index (χ1) is 9.15. The molecule has 1 aliphatic rings. The van der Waals surface area contributed by atoms with E-state index < -0.39 is 0 Å². The van der Waals surface area contributed by atoms with E-state index in [4.69, 9.17) is 0 Å². The molecule has 1 aromatic heterocycles. The third-order valence-corrected chi connectivity index (χ3v) is 3.72. The minimum Gasteiger partial charge on any atom is -0.507 e. The fourth-order valence-corrected chi connectivity index (χ4v) is 2.55. The van der Waals surface area contributed by atoms with Crippen LogP contribution in [0.15, 0.2) is 35.1 Å². The molecule has 0 aliphatic carbocycles. The molecule has 1 amide bonds. The number of aromatic nitrogens is 2. The zero-order valence-corrected chi connectivity index (χ0v) is 11.7. The average molecular weight is 322 g/mol. The summed E-state index contributed by atoms with van der Waals surface area (Å²) >= 11 is 3.26. The van der Waals surface area contributed by atoms with Crippen LogP contribution in [0, 0.1) is 0 Å². The maximum atomic E-state index is 12.4. The third-order valence-electron chi connectivity index (χ3n) is 3.22. The topological polar surface area (TPSA) is 58.4 Å². The number of carbonyl (C=O) groups excluding carboxylic acids is 1. The number of hydrogen-bond donors (Lipinski definition) is 1. The number of halogens is 1.